The molecule has 84 valence electrons. The molecule has 2 rings (SSSR count). The van der Waals surface area contributed by atoms with E-state index in [1.165, 1.54) is 0 Å². The van der Waals surface area contributed by atoms with Crippen LogP contribution in [0, 0.1) is 0 Å². The molecule has 0 aliphatic carbocycles. The number of benzene rings is 1. The summed E-state index contributed by atoms with van der Waals surface area (Å²) in [4.78, 5) is 0. The first-order valence-electron chi connectivity index (χ1n) is 5.18. The molecule has 16 heavy (non-hydrogen) atoms. The number of anilines is 1. The van der Waals surface area contributed by atoms with Crippen LogP contribution in [0.5, 0.6) is 0 Å². The Bertz CT molecular complexity index is 503. The largest absolute Gasteiger partial charge is 0.396 e. The zero-order chi connectivity index (χ0) is 11.7. The highest BCUT2D eigenvalue weighted by atomic mass is 35.5. The van der Waals surface area contributed by atoms with Gasteiger partial charge >= 0.3 is 0 Å². The van der Waals surface area contributed by atoms with Gasteiger partial charge in [0.2, 0.25) is 0 Å². The number of nitrogen functional groups attached to an aromatic ring is 1. The van der Waals surface area contributed by atoms with E-state index in [0.717, 1.165) is 11.3 Å². The lowest BCUT2D eigenvalue weighted by molar-refractivity contribution is 0.534. The zero-order valence-corrected chi connectivity index (χ0v) is 10.1. The fourth-order valence-electron chi connectivity index (χ4n) is 1.53. The molecule has 1 aromatic carbocycles. The maximum absolute atomic E-state index is 5.94. The third kappa shape index (κ3) is 2.04. The van der Waals surface area contributed by atoms with Crippen LogP contribution in [0.4, 0.5) is 5.69 Å². The van der Waals surface area contributed by atoms with Crippen molar-refractivity contribution in [2.45, 2.75) is 19.9 Å². The van der Waals surface area contributed by atoms with Gasteiger partial charge in [0.1, 0.15) is 5.69 Å². The van der Waals surface area contributed by atoms with Crippen LogP contribution in [0.15, 0.2) is 30.5 Å². The Hall–Kier alpha value is -1.48. The number of aromatic nitrogens is 2. The highest BCUT2D eigenvalue weighted by molar-refractivity contribution is 6.30. The van der Waals surface area contributed by atoms with Crippen LogP contribution in [-0.4, -0.2) is 9.78 Å². The number of rotatable bonds is 2. The van der Waals surface area contributed by atoms with Crippen molar-refractivity contribution in [1.29, 1.82) is 0 Å². The van der Waals surface area contributed by atoms with Crippen molar-refractivity contribution >= 4 is 17.3 Å². The second-order valence-electron chi connectivity index (χ2n) is 4.02. The summed E-state index contributed by atoms with van der Waals surface area (Å²) in [5, 5.41) is 5.14. The smallest absolute Gasteiger partial charge is 0.115 e. The van der Waals surface area contributed by atoms with Crippen LogP contribution >= 0.6 is 11.6 Å². The molecular weight excluding hydrogens is 222 g/mol. The summed E-state index contributed by atoms with van der Waals surface area (Å²) >= 11 is 5.94. The topological polar surface area (TPSA) is 43.8 Å². The predicted molar refractivity (Wildman–Crippen MR) is 67.5 cm³/mol. The van der Waals surface area contributed by atoms with Crippen molar-refractivity contribution in [3.05, 3.63) is 35.5 Å². The Morgan fingerprint density at radius 3 is 2.69 bits per heavy atom. The van der Waals surface area contributed by atoms with Crippen LogP contribution in [0.1, 0.15) is 19.9 Å². The lowest BCUT2D eigenvalue weighted by atomic mass is 10.1. The second-order valence-corrected chi connectivity index (χ2v) is 4.45. The van der Waals surface area contributed by atoms with E-state index in [9.17, 15) is 0 Å². The van der Waals surface area contributed by atoms with Crippen molar-refractivity contribution in [1.82, 2.24) is 9.78 Å². The molecule has 0 saturated carbocycles. The Morgan fingerprint density at radius 2 is 2.12 bits per heavy atom. The van der Waals surface area contributed by atoms with Crippen molar-refractivity contribution in [3.63, 3.8) is 0 Å². The molecule has 0 amide bonds. The zero-order valence-electron chi connectivity index (χ0n) is 9.31. The minimum atomic E-state index is 0.301. The summed E-state index contributed by atoms with van der Waals surface area (Å²) < 4.78 is 1.85. The highest BCUT2D eigenvalue weighted by Crippen LogP contribution is 2.27. The molecular formula is C12H14ClN3. The molecule has 1 heterocycles. The maximum atomic E-state index is 5.94. The summed E-state index contributed by atoms with van der Waals surface area (Å²) in [5.74, 6) is 0. The maximum Gasteiger partial charge on any atom is 0.115 e. The van der Waals surface area contributed by atoms with E-state index in [1.807, 2.05) is 35.1 Å². The fraction of sp³-hybridized carbons (Fsp3) is 0.250. The summed E-state index contributed by atoms with van der Waals surface area (Å²) in [6, 6.07) is 7.85. The molecule has 0 fully saturated rings. The normalized spacial score (nSPS) is 11.0. The molecule has 0 atom stereocenters. The Labute approximate surface area is 99.8 Å². The first-order chi connectivity index (χ1) is 7.58. The minimum Gasteiger partial charge on any atom is -0.396 e. The van der Waals surface area contributed by atoms with Gasteiger partial charge in [0.05, 0.1) is 5.69 Å². The van der Waals surface area contributed by atoms with Gasteiger partial charge in [0.25, 0.3) is 0 Å². The highest BCUT2D eigenvalue weighted by Gasteiger charge is 2.10. The van der Waals surface area contributed by atoms with Gasteiger partial charge in [0, 0.05) is 22.8 Å². The number of halogens is 1. The standard InChI is InChI=1S/C12H14ClN3/c1-8(2)16-7-11(14)12(15-16)9-4-3-5-10(13)6-9/h3-8H,14H2,1-2H3. The van der Waals surface area contributed by atoms with Crippen LogP contribution in [0.25, 0.3) is 11.3 Å². The Balaban J connectivity index is 2.48. The molecule has 2 N–H and O–H groups in total. The number of nitrogens with two attached hydrogens (primary N) is 1. The Kier molecular flexibility index (Phi) is 2.88. The molecule has 0 aliphatic heterocycles. The van der Waals surface area contributed by atoms with Crippen LogP contribution in [0.3, 0.4) is 0 Å². The van der Waals surface area contributed by atoms with Crippen LogP contribution < -0.4 is 5.73 Å². The molecule has 2 aromatic rings. The summed E-state index contributed by atoms with van der Waals surface area (Å²) in [7, 11) is 0. The van der Waals surface area contributed by atoms with E-state index in [-0.39, 0.29) is 0 Å². The average Bonchev–Trinajstić information content (AvgIpc) is 2.60. The van der Waals surface area contributed by atoms with Crippen LogP contribution in [-0.2, 0) is 0 Å². The third-order valence-corrected chi connectivity index (χ3v) is 2.62. The van der Waals surface area contributed by atoms with Crippen molar-refractivity contribution in [2.75, 3.05) is 5.73 Å². The van der Waals surface area contributed by atoms with Crippen molar-refractivity contribution in [2.24, 2.45) is 0 Å². The van der Waals surface area contributed by atoms with E-state index < -0.39 is 0 Å². The lowest BCUT2D eigenvalue weighted by Crippen LogP contribution is -2.00. The fourth-order valence-corrected chi connectivity index (χ4v) is 1.72. The van der Waals surface area contributed by atoms with Gasteiger partial charge in [0.15, 0.2) is 0 Å². The monoisotopic (exact) mass is 235 g/mol. The second kappa shape index (κ2) is 4.18. The molecule has 0 saturated heterocycles. The summed E-state index contributed by atoms with van der Waals surface area (Å²) in [6.45, 7) is 4.13. The van der Waals surface area contributed by atoms with Gasteiger partial charge in [-0.05, 0) is 26.0 Å². The van der Waals surface area contributed by atoms with Gasteiger partial charge < -0.3 is 5.73 Å². The van der Waals surface area contributed by atoms with Gasteiger partial charge in [-0.3, -0.25) is 4.68 Å². The molecule has 0 bridgehead atoms. The Morgan fingerprint density at radius 1 is 1.38 bits per heavy atom. The number of nitrogens with zero attached hydrogens (tertiary/aromatic N) is 2. The SMILES string of the molecule is CC(C)n1cc(N)c(-c2cccc(Cl)c2)n1. The molecule has 3 nitrogen and oxygen atoms in total. The van der Waals surface area contributed by atoms with Gasteiger partial charge in [-0.2, -0.15) is 5.10 Å². The first-order valence-corrected chi connectivity index (χ1v) is 5.56. The lowest BCUT2D eigenvalue weighted by Gasteiger charge is -2.03. The number of hydrogen-bond acceptors (Lipinski definition) is 2. The van der Waals surface area contributed by atoms with E-state index >= 15 is 0 Å². The van der Waals surface area contributed by atoms with E-state index in [4.69, 9.17) is 17.3 Å². The summed E-state index contributed by atoms with van der Waals surface area (Å²) in [5.41, 5.74) is 8.35. The van der Waals surface area contributed by atoms with Crippen molar-refractivity contribution < 1.29 is 0 Å². The van der Waals surface area contributed by atoms with Gasteiger partial charge in [-0.25, -0.2) is 0 Å². The first kappa shape index (κ1) is 11.0. The van der Waals surface area contributed by atoms with Gasteiger partial charge in [-0.1, -0.05) is 23.7 Å². The van der Waals surface area contributed by atoms with Crippen molar-refractivity contribution in [3.8, 4) is 11.3 Å². The molecule has 0 radical (unpaired) electrons. The third-order valence-electron chi connectivity index (χ3n) is 2.39. The van der Waals surface area contributed by atoms with E-state index in [0.29, 0.717) is 16.8 Å². The van der Waals surface area contributed by atoms with E-state index in [2.05, 4.69) is 18.9 Å². The predicted octanol–water partition coefficient (Wildman–Crippen LogP) is 3.37. The quantitative estimate of drug-likeness (QED) is 0.868. The van der Waals surface area contributed by atoms with Gasteiger partial charge in [-0.15, -0.1) is 0 Å². The average molecular weight is 236 g/mol. The molecule has 0 spiro atoms. The van der Waals surface area contributed by atoms with E-state index in [1.54, 1.807) is 0 Å². The van der Waals surface area contributed by atoms with Crippen LogP contribution in [0.2, 0.25) is 5.02 Å². The minimum absolute atomic E-state index is 0.301. The molecule has 0 unspecified atom stereocenters. The molecule has 4 heteroatoms. The molecule has 1 aromatic heterocycles. The number of hydrogen-bond donors (Lipinski definition) is 1. The molecule has 0 aliphatic rings. The summed E-state index contributed by atoms with van der Waals surface area (Å²) in [6.07, 6.45) is 1.85.